The molecule has 0 spiro atoms. The van der Waals surface area contributed by atoms with Crippen LogP contribution in [0.4, 0.5) is 0 Å². The summed E-state index contributed by atoms with van der Waals surface area (Å²) in [4.78, 5) is 0. The molecule has 0 fully saturated rings. The van der Waals surface area contributed by atoms with Gasteiger partial charge in [0.1, 0.15) is 0 Å². The van der Waals surface area contributed by atoms with E-state index in [2.05, 4.69) is 144 Å². The van der Waals surface area contributed by atoms with Crippen LogP contribution < -0.4 is 0 Å². The van der Waals surface area contributed by atoms with E-state index in [4.69, 9.17) is 0 Å². The van der Waals surface area contributed by atoms with Crippen LogP contribution in [0.25, 0.3) is 71.3 Å². The largest absolute Gasteiger partial charge is 0.310 e. The molecule has 0 unspecified atom stereocenters. The first kappa shape index (κ1) is 22.1. The van der Waals surface area contributed by atoms with Gasteiger partial charge in [0, 0.05) is 16.5 Å². The topological polar surface area (TPSA) is 4.93 Å². The minimum atomic E-state index is 1.09. The summed E-state index contributed by atoms with van der Waals surface area (Å²) < 4.78 is 2.43. The average Bonchev–Trinajstić information content (AvgIpc) is 3.34. The molecule has 0 N–H and O–H groups in total. The Morgan fingerprint density at radius 2 is 1.00 bits per heavy atom. The van der Waals surface area contributed by atoms with E-state index in [1.807, 2.05) is 0 Å². The van der Waals surface area contributed by atoms with E-state index in [1.54, 1.807) is 0 Å². The highest BCUT2D eigenvalue weighted by Crippen LogP contribution is 2.45. The first-order valence-electron chi connectivity index (χ1n) is 13.8. The van der Waals surface area contributed by atoms with E-state index in [0.717, 1.165) is 12.8 Å². The van der Waals surface area contributed by atoms with Crippen molar-refractivity contribution in [2.75, 3.05) is 0 Å². The van der Waals surface area contributed by atoms with Gasteiger partial charge in [-0.2, -0.15) is 0 Å². The first-order chi connectivity index (χ1) is 19.4. The minimum absolute atomic E-state index is 1.09. The summed E-state index contributed by atoms with van der Waals surface area (Å²) in [7, 11) is 0. The van der Waals surface area contributed by atoms with Crippen molar-refractivity contribution in [3.05, 3.63) is 140 Å². The predicted octanol–water partition coefficient (Wildman–Crippen LogP) is 10.6. The van der Waals surface area contributed by atoms with E-state index < -0.39 is 0 Å². The summed E-state index contributed by atoms with van der Waals surface area (Å²) >= 11 is 0. The Balaban J connectivity index is 1.47. The van der Waals surface area contributed by atoms with Crippen molar-refractivity contribution in [1.82, 2.24) is 4.57 Å². The molecule has 0 bridgehead atoms. The molecule has 0 atom stereocenters. The highest BCUT2D eigenvalue weighted by atomic mass is 15.0. The molecule has 1 heteroatoms. The molecule has 0 saturated carbocycles. The molecule has 1 aliphatic rings. The van der Waals surface area contributed by atoms with Crippen LogP contribution in [0.5, 0.6) is 0 Å². The summed E-state index contributed by atoms with van der Waals surface area (Å²) in [5.41, 5.74) is 8.90. The minimum Gasteiger partial charge on any atom is -0.310 e. The van der Waals surface area contributed by atoms with Crippen molar-refractivity contribution < 1.29 is 0 Å². The summed E-state index contributed by atoms with van der Waals surface area (Å²) in [5.74, 6) is 0. The van der Waals surface area contributed by atoms with Crippen LogP contribution in [0.3, 0.4) is 0 Å². The molecule has 8 rings (SSSR count). The van der Waals surface area contributed by atoms with Crippen molar-refractivity contribution in [3.63, 3.8) is 0 Å². The van der Waals surface area contributed by atoms with Crippen LogP contribution in [0.15, 0.2) is 140 Å². The van der Waals surface area contributed by atoms with E-state index >= 15 is 0 Å². The van der Waals surface area contributed by atoms with Gasteiger partial charge in [0.15, 0.2) is 0 Å². The van der Waals surface area contributed by atoms with Crippen molar-refractivity contribution >= 4 is 49.0 Å². The molecule has 1 heterocycles. The fraction of sp³-hybridized carbons (Fsp3) is 0.0526. The summed E-state index contributed by atoms with van der Waals surface area (Å²) in [6, 6.07) is 44.5. The molecule has 7 aromatic rings. The lowest BCUT2D eigenvalue weighted by Crippen LogP contribution is -1.96. The summed E-state index contributed by atoms with van der Waals surface area (Å²) in [6.45, 7) is 0. The highest BCUT2D eigenvalue weighted by Gasteiger charge is 2.18. The Kier molecular flexibility index (Phi) is 5.03. The Labute approximate surface area is 227 Å². The number of nitrogens with zero attached hydrogens (tertiary/aromatic N) is 1. The van der Waals surface area contributed by atoms with Gasteiger partial charge in [-0.05, 0) is 80.9 Å². The predicted molar refractivity (Wildman–Crippen MR) is 168 cm³/mol. The van der Waals surface area contributed by atoms with Crippen molar-refractivity contribution in [1.29, 1.82) is 0 Å². The monoisotopic (exact) mass is 497 g/mol. The molecule has 0 amide bonds. The number of hydrogen-bond acceptors (Lipinski definition) is 0. The SMILES string of the molecule is C1=CC(n2c3ccccc3c3cc(-c4c5ccccc5c(-c5ccccc5)c5ccccc45)ccc32)=CCC1. The zero-order valence-electron chi connectivity index (χ0n) is 21.6. The Morgan fingerprint density at radius 1 is 0.436 bits per heavy atom. The number of aromatic nitrogens is 1. The van der Waals surface area contributed by atoms with E-state index in [1.165, 1.54) is 71.3 Å². The lowest BCUT2D eigenvalue weighted by atomic mass is 9.86. The van der Waals surface area contributed by atoms with Gasteiger partial charge >= 0.3 is 0 Å². The van der Waals surface area contributed by atoms with Gasteiger partial charge < -0.3 is 4.57 Å². The van der Waals surface area contributed by atoms with E-state index in [0.29, 0.717) is 0 Å². The quantitative estimate of drug-likeness (QED) is 0.214. The molecule has 184 valence electrons. The Bertz CT molecular complexity index is 2050. The number of rotatable bonds is 3. The van der Waals surface area contributed by atoms with E-state index in [9.17, 15) is 0 Å². The number of allylic oxidation sites excluding steroid dienone is 4. The molecule has 1 nitrogen and oxygen atoms in total. The van der Waals surface area contributed by atoms with Crippen LogP contribution in [0, 0.1) is 0 Å². The van der Waals surface area contributed by atoms with Gasteiger partial charge in [0.05, 0.1) is 11.0 Å². The van der Waals surface area contributed by atoms with Crippen molar-refractivity contribution in [2.24, 2.45) is 0 Å². The van der Waals surface area contributed by atoms with E-state index in [-0.39, 0.29) is 0 Å². The third-order valence-electron chi connectivity index (χ3n) is 8.19. The fourth-order valence-electron chi connectivity index (χ4n) is 6.53. The molecule has 39 heavy (non-hydrogen) atoms. The number of para-hydroxylation sites is 1. The summed E-state index contributed by atoms with van der Waals surface area (Å²) in [5, 5.41) is 7.74. The third kappa shape index (κ3) is 3.40. The van der Waals surface area contributed by atoms with Gasteiger partial charge in [-0.15, -0.1) is 0 Å². The lowest BCUT2D eigenvalue weighted by molar-refractivity contribution is 1.02. The standard InChI is InChI=1S/C38H27N/c1-3-13-26(14-4-1)37-30-18-7-9-20-32(30)38(33-21-10-8-19-31(33)37)27-23-24-36-34(25-27)29-17-11-12-22-35(29)39(36)28-15-5-2-6-16-28/h1,3-5,7-25H,2,6H2. The average molecular weight is 498 g/mol. The molecule has 0 radical (unpaired) electrons. The van der Waals surface area contributed by atoms with Crippen LogP contribution in [-0.2, 0) is 0 Å². The van der Waals surface area contributed by atoms with Crippen LogP contribution in [-0.4, -0.2) is 4.57 Å². The molecule has 0 saturated heterocycles. The Hall–Kier alpha value is -4.88. The number of benzene rings is 6. The zero-order valence-corrected chi connectivity index (χ0v) is 21.6. The van der Waals surface area contributed by atoms with Gasteiger partial charge in [-0.3, -0.25) is 0 Å². The highest BCUT2D eigenvalue weighted by molar-refractivity contribution is 6.22. The Morgan fingerprint density at radius 3 is 1.64 bits per heavy atom. The molecular weight excluding hydrogens is 470 g/mol. The van der Waals surface area contributed by atoms with Crippen LogP contribution in [0.1, 0.15) is 12.8 Å². The number of hydrogen-bond donors (Lipinski definition) is 0. The molecule has 1 aromatic heterocycles. The van der Waals surface area contributed by atoms with Gasteiger partial charge in [-0.1, -0.05) is 115 Å². The molecule has 1 aliphatic carbocycles. The lowest BCUT2D eigenvalue weighted by Gasteiger charge is -2.18. The smallest absolute Gasteiger partial charge is 0.0541 e. The number of fused-ring (bicyclic) bond motifs is 5. The molecule has 6 aromatic carbocycles. The van der Waals surface area contributed by atoms with Gasteiger partial charge in [0.2, 0.25) is 0 Å². The van der Waals surface area contributed by atoms with Gasteiger partial charge in [0.25, 0.3) is 0 Å². The van der Waals surface area contributed by atoms with Crippen LogP contribution >= 0.6 is 0 Å². The second kappa shape index (κ2) is 8.85. The fourth-order valence-corrected chi connectivity index (χ4v) is 6.53. The molecular formula is C38H27N. The first-order valence-corrected chi connectivity index (χ1v) is 13.8. The maximum absolute atomic E-state index is 2.43. The maximum atomic E-state index is 2.43. The van der Waals surface area contributed by atoms with Crippen molar-refractivity contribution in [3.8, 4) is 22.3 Å². The summed E-state index contributed by atoms with van der Waals surface area (Å²) in [6.07, 6.45) is 9.13. The second-order valence-electron chi connectivity index (χ2n) is 10.4. The zero-order chi connectivity index (χ0) is 25.8. The maximum Gasteiger partial charge on any atom is 0.0541 e. The van der Waals surface area contributed by atoms with Crippen LogP contribution in [0.2, 0.25) is 0 Å². The second-order valence-corrected chi connectivity index (χ2v) is 10.4. The van der Waals surface area contributed by atoms with Gasteiger partial charge in [-0.25, -0.2) is 0 Å². The molecule has 0 aliphatic heterocycles. The third-order valence-corrected chi connectivity index (χ3v) is 8.19. The van der Waals surface area contributed by atoms with Crippen molar-refractivity contribution in [2.45, 2.75) is 12.8 Å². The normalized spacial score (nSPS) is 13.5.